The molecule has 8 heavy (non-hydrogen) atoms. The van der Waals surface area contributed by atoms with Crippen molar-refractivity contribution in [3.8, 4) is 0 Å². The lowest BCUT2D eigenvalue weighted by Crippen LogP contribution is -2.26. The van der Waals surface area contributed by atoms with Gasteiger partial charge in [0.2, 0.25) is 0 Å². The number of thiocarbonyl (C=S) groups is 1. The monoisotopic (exact) mass is 129 g/mol. The molecule has 0 spiro atoms. The van der Waals surface area contributed by atoms with Crippen LogP contribution in [0.25, 0.3) is 0 Å². The van der Waals surface area contributed by atoms with E-state index < -0.39 is 0 Å². The highest BCUT2D eigenvalue weighted by molar-refractivity contribution is 7.80. The van der Waals surface area contributed by atoms with Gasteiger partial charge in [0.15, 0.2) is 5.11 Å². The van der Waals surface area contributed by atoms with Crippen LogP contribution < -0.4 is 5.73 Å². The van der Waals surface area contributed by atoms with Crippen LogP contribution in [0.5, 0.6) is 0 Å². The molecule has 0 unspecified atom stereocenters. The third kappa shape index (κ3) is 1.10. The Morgan fingerprint density at radius 2 is 1.88 bits per heavy atom. The minimum atomic E-state index is 0.308. The molecule has 0 aromatic carbocycles. The van der Waals surface area contributed by atoms with Gasteiger partial charge in [-0.05, 0) is 25.1 Å². The van der Waals surface area contributed by atoms with Crippen molar-refractivity contribution in [1.82, 2.24) is 10.6 Å². The van der Waals surface area contributed by atoms with Gasteiger partial charge >= 0.3 is 0 Å². The molecule has 1 saturated heterocycles. The van der Waals surface area contributed by atoms with Crippen molar-refractivity contribution in [2.45, 2.75) is 12.8 Å². The van der Waals surface area contributed by atoms with Crippen molar-refractivity contribution in [3.05, 3.63) is 0 Å². The van der Waals surface area contributed by atoms with Crippen molar-refractivity contribution < 1.29 is 0 Å². The Labute approximate surface area is 54.7 Å². The van der Waals surface area contributed by atoms with Crippen molar-refractivity contribution in [3.63, 3.8) is 0 Å². The molecule has 1 heterocycles. The third-order valence-electron chi connectivity index (χ3n) is 1.39. The summed E-state index contributed by atoms with van der Waals surface area (Å²) < 4.78 is 0. The maximum atomic E-state index is 7.03. The highest BCUT2D eigenvalue weighted by Crippen LogP contribution is 2.05. The lowest BCUT2D eigenvalue weighted by atomic mass is 10.4. The summed E-state index contributed by atoms with van der Waals surface area (Å²) in [6.07, 6.45) is 2.41. The van der Waals surface area contributed by atoms with Gasteiger partial charge in [-0.1, -0.05) is 0 Å². The van der Waals surface area contributed by atoms with Gasteiger partial charge in [0.05, 0.1) is 0 Å². The summed E-state index contributed by atoms with van der Waals surface area (Å²) in [6, 6.07) is 0. The van der Waals surface area contributed by atoms with E-state index in [1.807, 2.05) is 4.90 Å². The molecule has 0 aromatic heterocycles. The molecule has 0 atom stereocenters. The number of hydrogen-bond donors (Lipinski definition) is 0. The molecule has 3 heteroatoms. The summed E-state index contributed by atoms with van der Waals surface area (Å²) in [5.41, 5.74) is 7.03. The van der Waals surface area contributed by atoms with E-state index in [0.29, 0.717) is 5.11 Å². The van der Waals surface area contributed by atoms with Crippen LogP contribution >= 0.6 is 12.2 Å². The minimum Gasteiger partial charge on any atom is -0.348 e. The van der Waals surface area contributed by atoms with Crippen LogP contribution in [0.2, 0.25) is 0 Å². The van der Waals surface area contributed by atoms with Crippen LogP contribution in [-0.4, -0.2) is 23.1 Å². The van der Waals surface area contributed by atoms with Gasteiger partial charge in [0, 0.05) is 13.1 Å². The first-order valence-corrected chi connectivity index (χ1v) is 3.22. The average Bonchev–Trinajstić information content (AvgIpc) is 2.12. The fourth-order valence-corrected chi connectivity index (χ4v) is 1.10. The second-order valence-corrected chi connectivity index (χ2v) is 2.39. The zero-order valence-electron chi connectivity index (χ0n) is 4.68. The number of nitrogens with one attached hydrogen (secondary N) is 1. The normalized spacial score (nSPS) is 19.2. The van der Waals surface area contributed by atoms with Crippen LogP contribution in [0, 0.1) is 0 Å². The predicted molar refractivity (Wildman–Crippen MR) is 36.5 cm³/mol. The van der Waals surface area contributed by atoms with Gasteiger partial charge in [0.1, 0.15) is 0 Å². The first kappa shape index (κ1) is 5.82. The number of hydrogen-bond acceptors (Lipinski definition) is 1. The fourth-order valence-electron chi connectivity index (χ4n) is 0.920. The van der Waals surface area contributed by atoms with E-state index in [-0.39, 0.29) is 0 Å². The van der Waals surface area contributed by atoms with Gasteiger partial charge in [-0.15, -0.1) is 0 Å². The average molecular weight is 129 g/mol. The lowest BCUT2D eigenvalue weighted by molar-refractivity contribution is 0.522. The summed E-state index contributed by atoms with van der Waals surface area (Å²) in [5.74, 6) is 0. The molecular weight excluding hydrogens is 120 g/mol. The van der Waals surface area contributed by atoms with Crippen molar-refractivity contribution in [2.75, 3.05) is 13.1 Å². The molecule has 2 nitrogen and oxygen atoms in total. The molecule has 0 aromatic rings. The Bertz CT molecular complexity index is 96.6. The Kier molecular flexibility index (Phi) is 1.68. The lowest BCUT2D eigenvalue weighted by Gasteiger charge is -2.11. The second kappa shape index (κ2) is 2.31. The largest absolute Gasteiger partial charge is 0.348 e. The molecule has 1 aliphatic heterocycles. The Morgan fingerprint density at radius 1 is 1.38 bits per heavy atom. The van der Waals surface area contributed by atoms with E-state index in [2.05, 4.69) is 12.2 Å². The molecular formula is C5H9N2S. The molecule has 1 rings (SSSR count). The van der Waals surface area contributed by atoms with Crippen molar-refractivity contribution in [2.24, 2.45) is 0 Å². The molecule has 1 fully saturated rings. The van der Waals surface area contributed by atoms with Gasteiger partial charge in [0.25, 0.3) is 0 Å². The van der Waals surface area contributed by atoms with Crippen LogP contribution in [0.3, 0.4) is 0 Å². The summed E-state index contributed by atoms with van der Waals surface area (Å²) in [6.45, 7) is 2.00. The van der Waals surface area contributed by atoms with Gasteiger partial charge in [-0.25, -0.2) is 0 Å². The van der Waals surface area contributed by atoms with Gasteiger partial charge in [-0.3, -0.25) is 5.73 Å². The fraction of sp³-hybridized carbons (Fsp3) is 0.800. The van der Waals surface area contributed by atoms with Gasteiger partial charge in [-0.2, -0.15) is 0 Å². The molecule has 0 amide bonds. The molecule has 1 aliphatic rings. The first-order valence-electron chi connectivity index (χ1n) is 2.81. The number of likely N-dealkylation sites (tertiary alicyclic amines) is 1. The highest BCUT2D eigenvalue weighted by Gasteiger charge is 2.11. The van der Waals surface area contributed by atoms with E-state index in [1.54, 1.807) is 0 Å². The molecule has 0 saturated carbocycles. The van der Waals surface area contributed by atoms with E-state index in [1.165, 1.54) is 12.8 Å². The third-order valence-corrected chi connectivity index (χ3v) is 1.65. The first-order chi connectivity index (χ1) is 3.80. The van der Waals surface area contributed by atoms with Crippen molar-refractivity contribution in [1.29, 1.82) is 0 Å². The SMILES string of the molecule is [NH]C(=S)N1CCCC1. The van der Waals surface area contributed by atoms with E-state index in [0.717, 1.165) is 13.1 Å². The number of nitrogens with zero attached hydrogens (tertiary/aromatic N) is 1. The molecule has 0 bridgehead atoms. The van der Waals surface area contributed by atoms with E-state index in [9.17, 15) is 0 Å². The van der Waals surface area contributed by atoms with Crippen LogP contribution in [-0.2, 0) is 0 Å². The predicted octanol–water partition coefficient (Wildman–Crippen LogP) is 0.650. The Morgan fingerprint density at radius 3 is 2.12 bits per heavy atom. The summed E-state index contributed by atoms with van der Waals surface area (Å²) in [5, 5.41) is 0.308. The minimum absolute atomic E-state index is 0.308. The number of rotatable bonds is 0. The molecule has 45 valence electrons. The summed E-state index contributed by atoms with van der Waals surface area (Å²) in [7, 11) is 0. The van der Waals surface area contributed by atoms with Crippen LogP contribution in [0.1, 0.15) is 12.8 Å². The smallest absolute Gasteiger partial charge is 0.187 e. The quantitative estimate of drug-likeness (QED) is 0.449. The zero-order chi connectivity index (χ0) is 5.98. The Hall–Kier alpha value is -0.310. The summed E-state index contributed by atoms with van der Waals surface area (Å²) >= 11 is 4.65. The topological polar surface area (TPSA) is 27.0 Å². The van der Waals surface area contributed by atoms with Crippen LogP contribution in [0.15, 0.2) is 0 Å². The second-order valence-electron chi connectivity index (χ2n) is 2.00. The molecule has 0 aliphatic carbocycles. The van der Waals surface area contributed by atoms with Crippen LogP contribution in [0.4, 0.5) is 0 Å². The molecule has 1 N–H and O–H groups in total. The van der Waals surface area contributed by atoms with E-state index >= 15 is 0 Å². The summed E-state index contributed by atoms with van der Waals surface area (Å²) in [4.78, 5) is 1.93. The molecule has 1 radical (unpaired) electrons. The standard InChI is InChI=1S/C5H9N2S/c6-5(8)7-3-1-2-4-7/h6H,1-4H2. The Balaban J connectivity index is 2.35. The maximum Gasteiger partial charge on any atom is 0.187 e. The zero-order valence-corrected chi connectivity index (χ0v) is 5.50. The van der Waals surface area contributed by atoms with Crippen molar-refractivity contribution >= 4 is 17.3 Å². The highest BCUT2D eigenvalue weighted by atomic mass is 32.1. The van der Waals surface area contributed by atoms with Gasteiger partial charge < -0.3 is 4.90 Å². The van der Waals surface area contributed by atoms with E-state index in [4.69, 9.17) is 5.73 Å². The maximum absolute atomic E-state index is 7.03.